The molecule has 0 aliphatic heterocycles. The Bertz CT molecular complexity index is 708. The second-order valence-electron chi connectivity index (χ2n) is 5.82. The van der Waals surface area contributed by atoms with Crippen LogP contribution in [-0.2, 0) is 27.5 Å². The molecule has 0 unspecified atom stereocenters. The van der Waals surface area contributed by atoms with Crippen LogP contribution in [0.15, 0.2) is 54.6 Å². The van der Waals surface area contributed by atoms with Crippen molar-refractivity contribution >= 4 is 24.0 Å². The Balaban J connectivity index is 1.98. The van der Waals surface area contributed by atoms with Crippen LogP contribution in [0, 0.1) is 0 Å². The van der Waals surface area contributed by atoms with E-state index in [0.29, 0.717) is 24.6 Å². The van der Waals surface area contributed by atoms with Crippen LogP contribution in [0.4, 0.5) is 0 Å². The molecule has 0 saturated carbocycles. The van der Waals surface area contributed by atoms with Crippen LogP contribution < -0.4 is 4.74 Å². The Morgan fingerprint density at radius 3 is 2.41 bits per heavy atom. The fraction of sp³-hybridized carbons (Fsp3) is 0.300. The Morgan fingerprint density at radius 1 is 1.11 bits per heavy atom. The molecule has 0 heterocycles. The van der Waals surface area contributed by atoms with Crippen molar-refractivity contribution in [1.29, 1.82) is 0 Å². The number of amides is 1. The van der Waals surface area contributed by atoms with Gasteiger partial charge in [0.15, 0.2) is 6.04 Å². The fourth-order valence-corrected chi connectivity index (χ4v) is 2.50. The molecule has 0 aromatic heterocycles. The zero-order valence-corrected chi connectivity index (χ0v) is 15.5. The van der Waals surface area contributed by atoms with Gasteiger partial charge in [0.1, 0.15) is 12.4 Å². The Hall–Kier alpha value is -2.57. The van der Waals surface area contributed by atoms with Crippen molar-refractivity contribution in [3.8, 4) is 5.75 Å². The lowest BCUT2D eigenvalue weighted by Crippen LogP contribution is -2.41. The average molecular weight is 392 g/mol. The molecule has 27 heavy (non-hydrogen) atoms. The average Bonchev–Trinajstić information content (AvgIpc) is 2.69. The van der Waals surface area contributed by atoms with Crippen molar-refractivity contribution in [2.24, 2.45) is 0 Å². The van der Waals surface area contributed by atoms with Gasteiger partial charge in [0.2, 0.25) is 6.41 Å². The highest BCUT2D eigenvalue weighted by molar-refractivity contribution is 6.17. The smallest absolute Gasteiger partial charge is 0.329 e. The number of hydroxylamine groups is 2. The zero-order chi connectivity index (χ0) is 19.5. The monoisotopic (exact) mass is 391 g/mol. The molecule has 7 heteroatoms. The van der Waals surface area contributed by atoms with Crippen molar-refractivity contribution in [1.82, 2.24) is 5.06 Å². The molecule has 0 aliphatic rings. The third-order valence-corrected chi connectivity index (χ3v) is 4.09. The zero-order valence-electron chi connectivity index (χ0n) is 14.8. The molecule has 2 rings (SSSR count). The van der Waals surface area contributed by atoms with Crippen molar-refractivity contribution in [3.63, 3.8) is 0 Å². The molecule has 144 valence electrons. The third kappa shape index (κ3) is 6.92. The van der Waals surface area contributed by atoms with Gasteiger partial charge in [-0.2, -0.15) is 0 Å². The highest BCUT2D eigenvalue weighted by Gasteiger charge is 2.26. The first-order valence-corrected chi connectivity index (χ1v) is 9.08. The van der Waals surface area contributed by atoms with Crippen LogP contribution in [0.5, 0.6) is 5.75 Å². The van der Waals surface area contributed by atoms with E-state index in [-0.39, 0.29) is 13.0 Å². The van der Waals surface area contributed by atoms with Crippen LogP contribution in [-0.4, -0.2) is 41.1 Å². The first-order valence-electron chi connectivity index (χ1n) is 8.55. The molecular formula is C20H22ClNO5. The number of carboxylic acid groups (broad SMARTS) is 1. The quantitative estimate of drug-likeness (QED) is 0.260. The highest BCUT2D eigenvalue weighted by atomic mass is 35.5. The van der Waals surface area contributed by atoms with Crippen molar-refractivity contribution < 1.29 is 24.3 Å². The molecule has 0 bridgehead atoms. The first kappa shape index (κ1) is 20.7. The predicted octanol–water partition coefficient (Wildman–Crippen LogP) is 3.28. The number of benzene rings is 2. The van der Waals surface area contributed by atoms with E-state index in [2.05, 4.69) is 0 Å². The van der Waals surface area contributed by atoms with Gasteiger partial charge in [-0.15, -0.1) is 11.6 Å². The topological polar surface area (TPSA) is 76.1 Å². The number of carbonyl (C=O) groups is 2. The van der Waals surface area contributed by atoms with E-state index >= 15 is 0 Å². The van der Waals surface area contributed by atoms with E-state index in [9.17, 15) is 14.7 Å². The first-order chi connectivity index (χ1) is 13.1. The van der Waals surface area contributed by atoms with Crippen molar-refractivity contribution in [3.05, 3.63) is 65.7 Å². The maximum atomic E-state index is 11.6. The summed E-state index contributed by atoms with van der Waals surface area (Å²) in [6, 6.07) is 15.2. The fourth-order valence-electron chi connectivity index (χ4n) is 2.39. The summed E-state index contributed by atoms with van der Waals surface area (Å²) in [5.41, 5.74) is 1.59. The molecule has 2 aromatic rings. The van der Waals surface area contributed by atoms with Gasteiger partial charge in [0.05, 0.1) is 6.61 Å². The molecule has 1 amide bonds. The molecular weight excluding hydrogens is 370 g/mol. The maximum absolute atomic E-state index is 11.6. The van der Waals surface area contributed by atoms with Crippen molar-refractivity contribution in [2.75, 3.05) is 12.5 Å². The molecule has 0 spiro atoms. The summed E-state index contributed by atoms with van der Waals surface area (Å²) in [5, 5.41) is 10.4. The number of ether oxygens (including phenoxy) is 1. The number of halogens is 1. The second-order valence-corrected chi connectivity index (χ2v) is 6.20. The third-order valence-electron chi connectivity index (χ3n) is 3.82. The summed E-state index contributed by atoms with van der Waals surface area (Å²) in [6.07, 6.45) is 1.26. The van der Waals surface area contributed by atoms with Gasteiger partial charge in [-0.05, 0) is 29.7 Å². The predicted molar refractivity (Wildman–Crippen MR) is 102 cm³/mol. The summed E-state index contributed by atoms with van der Waals surface area (Å²) in [7, 11) is 0. The number of hydrogen-bond acceptors (Lipinski definition) is 4. The van der Waals surface area contributed by atoms with E-state index in [4.69, 9.17) is 21.2 Å². The van der Waals surface area contributed by atoms with Crippen molar-refractivity contribution in [2.45, 2.75) is 25.5 Å². The maximum Gasteiger partial charge on any atom is 0.329 e. The molecule has 0 saturated heterocycles. The van der Waals surface area contributed by atoms with Crippen LogP contribution in [0.2, 0.25) is 0 Å². The largest absolute Gasteiger partial charge is 0.494 e. The number of nitrogens with zero attached hydrogens (tertiary/aromatic N) is 1. The van der Waals surface area contributed by atoms with Gasteiger partial charge < -0.3 is 9.84 Å². The summed E-state index contributed by atoms with van der Waals surface area (Å²) in [4.78, 5) is 28.4. The summed E-state index contributed by atoms with van der Waals surface area (Å²) < 4.78 is 5.52. The summed E-state index contributed by atoms with van der Waals surface area (Å²) >= 11 is 5.61. The lowest BCUT2D eigenvalue weighted by molar-refractivity contribution is -0.200. The van der Waals surface area contributed by atoms with Crippen LogP contribution in [0.3, 0.4) is 0 Å². The lowest BCUT2D eigenvalue weighted by Gasteiger charge is -2.24. The van der Waals surface area contributed by atoms with E-state index in [0.717, 1.165) is 22.6 Å². The van der Waals surface area contributed by atoms with Gasteiger partial charge in [0.25, 0.3) is 0 Å². The number of aliphatic carboxylic acids is 1. The van der Waals surface area contributed by atoms with E-state index < -0.39 is 12.0 Å². The molecule has 1 N–H and O–H groups in total. The van der Waals surface area contributed by atoms with Crippen LogP contribution >= 0.6 is 11.6 Å². The minimum absolute atomic E-state index is 0.108. The van der Waals surface area contributed by atoms with Crippen LogP contribution in [0.1, 0.15) is 17.5 Å². The van der Waals surface area contributed by atoms with E-state index in [1.54, 1.807) is 24.3 Å². The van der Waals surface area contributed by atoms with Gasteiger partial charge in [0, 0.05) is 12.3 Å². The standard InChI is InChI=1S/C20H22ClNO5/c21-11-4-12-26-18-9-7-16(8-10-18)13-19(20(24)25)22(15-23)27-14-17-5-2-1-3-6-17/h1-3,5-10,15,19H,4,11-14H2,(H,24,25)/t19-/m0/s1. The lowest BCUT2D eigenvalue weighted by atomic mass is 10.1. The summed E-state index contributed by atoms with van der Waals surface area (Å²) in [6.45, 7) is 0.629. The Morgan fingerprint density at radius 2 is 1.81 bits per heavy atom. The second kappa shape index (κ2) is 11.2. The normalized spacial score (nSPS) is 11.6. The number of carbonyl (C=O) groups excluding carboxylic acids is 1. The number of hydrogen-bond donors (Lipinski definition) is 1. The van der Waals surface area contributed by atoms with Gasteiger partial charge in [-0.25, -0.2) is 9.86 Å². The minimum Gasteiger partial charge on any atom is -0.494 e. The minimum atomic E-state index is -1.14. The molecule has 6 nitrogen and oxygen atoms in total. The van der Waals surface area contributed by atoms with Gasteiger partial charge >= 0.3 is 5.97 Å². The molecule has 0 fully saturated rings. The molecule has 0 aliphatic carbocycles. The highest BCUT2D eigenvalue weighted by Crippen LogP contribution is 2.16. The van der Waals surface area contributed by atoms with Gasteiger partial charge in [-0.1, -0.05) is 42.5 Å². The molecule has 1 atom stereocenters. The molecule has 2 aromatic carbocycles. The number of carboxylic acids is 1. The summed E-state index contributed by atoms with van der Waals surface area (Å²) in [5.74, 6) is 0.0732. The van der Waals surface area contributed by atoms with Gasteiger partial charge in [-0.3, -0.25) is 9.63 Å². The van der Waals surface area contributed by atoms with E-state index in [1.165, 1.54) is 0 Å². The number of rotatable bonds is 12. The van der Waals surface area contributed by atoms with E-state index in [1.807, 2.05) is 30.3 Å². The Kier molecular flexibility index (Phi) is 8.61. The SMILES string of the molecule is O=CN(OCc1ccccc1)[C@@H](Cc1ccc(OCCCCl)cc1)C(=O)O. The Labute approximate surface area is 163 Å². The van der Waals surface area contributed by atoms with Crippen LogP contribution in [0.25, 0.3) is 0 Å². The number of alkyl halides is 1. The molecule has 0 radical (unpaired) electrons.